The second kappa shape index (κ2) is 6.14. The molecule has 126 valence electrons. The molecule has 9 heteroatoms. The Labute approximate surface area is 147 Å². The number of nitrogens with one attached hydrogen (secondary N) is 1. The van der Waals surface area contributed by atoms with Crippen molar-refractivity contribution in [3.05, 3.63) is 47.5 Å². The van der Waals surface area contributed by atoms with Crippen LogP contribution in [-0.4, -0.2) is 35.8 Å². The number of anilines is 2. The molecule has 3 aromatic heterocycles. The van der Waals surface area contributed by atoms with Gasteiger partial charge in [-0.3, -0.25) is 9.67 Å². The van der Waals surface area contributed by atoms with Gasteiger partial charge in [-0.15, -0.1) is 0 Å². The highest BCUT2D eigenvalue weighted by Gasteiger charge is 2.24. The molecule has 0 saturated heterocycles. The molecule has 3 aromatic rings. The molecule has 1 aliphatic rings. The van der Waals surface area contributed by atoms with Crippen LogP contribution in [0, 0.1) is 0 Å². The van der Waals surface area contributed by atoms with E-state index in [1.54, 1.807) is 12.3 Å². The van der Waals surface area contributed by atoms with E-state index in [9.17, 15) is 9.90 Å². The molecular formula is C16H13ClN6O2. The van der Waals surface area contributed by atoms with Crippen molar-refractivity contribution in [2.45, 2.75) is 18.9 Å². The summed E-state index contributed by atoms with van der Waals surface area (Å²) in [5.74, 6) is -0.810. The maximum Gasteiger partial charge on any atom is 0.337 e. The zero-order chi connectivity index (χ0) is 17.4. The van der Waals surface area contributed by atoms with Crippen molar-refractivity contribution < 1.29 is 9.90 Å². The summed E-state index contributed by atoms with van der Waals surface area (Å²) in [6, 6.07) is 3.48. The minimum Gasteiger partial charge on any atom is -0.478 e. The highest BCUT2D eigenvalue weighted by molar-refractivity contribution is 6.33. The van der Waals surface area contributed by atoms with Crippen LogP contribution in [0.3, 0.4) is 0 Å². The van der Waals surface area contributed by atoms with E-state index in [0.29, 0.717) is 6.04 Å². The number of carbonyl (C=O) groups is 1. The van der Waals surface area contributed by atoms with Crippen molar-refractivity contribution in [1.82, 2.24) is 24.7 Å². The first-order chi connectivity index (χ1) is 12.1. The van der Waals surface area contributed by atoms with E-state index in [1.807, 2.05) is 10.9 Å². The number of nitrogens with zero attached hydrogens (tertiary/aromatic N) is 5. The third-order valence-corrected chi connectivity index (χ3v) is 4.06. The molecule has 4 rings (SSSR count). The van der Waals surface area contributed by atoms with Crippen LogP contribution in [0.5, 0.6) is 0 Å². The van der Waals surface area contributed by atoms with Gasteiger partial charge in [0.2, 0.25) is 5.95 Å². The number of pyridine rings is 1. The number of carboxylic acids is 1. The zero-order valence-corrected chi connectivity index (χ0v) is 13.7. The van der Waals surface area contributed by atoms with Crippen LogP contribution >= 0.6 is 11.6 Å². The van der Waals surface area contributed by atoms with Crippen molar-refractivity contribution in [3.8, 4) is 11.4 Å². The number of aromatic nitrogens is 5. The summed E-state index contributed by atoms with van der Waals surface area (Å²) in [5, 5.41) is 16.9. The fraction of sp³-hybridized carbons (Fsp3) is 0.188. The molecule has 2 N–H and O–H groups in total. The van der Waals surface area contributed by atoms with Crippen LogP contribution in [0.1, 0.15) is 29.2 Å². The monoisotopic (exact) mass is 356 g/mol. The van der Waals surface area contributed by atoms with Gasteiger partial charge >= 0.3 is 5.97 Å². The Morgan fingerprint density at radius 1 is 1.28 bits per heavy atom. The second-order valence-electron chi connectivity index (χ2n) is 5.66. The van der Waals surface area contributed by atoms with Gasteiger partial charge in [0.1, 0.15) is 11.4 Å². The Morgan fingerprint density at radius 3 is 2.88 bits per heavy atom. The van der Waals surface area contributed by atoms with Gasteiger partial charge in [-0.2, -0.15) is 5.10 Å². The van der Waals surface area contributed by atoms with E-state index in [0.717, 1.165) is 18.5 Å². The first-order valence-corrected chi connectivity index (χ1v) is 8.02. The first kappa shape index (κ1) is 15.5. The van der Waals surface area contributed by atoms with E-state index < -0.39 is 5.97 Å². The van der Waals surface area contributed by atoms with Crippen LogP contribution in [-0.2, 0) is 0 Å². The van der Waals surface area contributed by atoms with Crippen LogP contribution in [0.2, 0.25) is 5.02 Å². The third kappa shape index (κ3) is 3.16. The Bertz CT molecular complexity index is 953. The number of hydrogen-bond acceptors (Lipinski definition) is 6. The van der Waals surface area contributed by atoms with Crippen molar-refractivity contribution in [2.75, 3.05) is 5.32 Å². The molecule has 1 aliphatic carbocycles. The lowest BCUT2D eigenvalue weighted by atomic mass is 10.1. The van der Waals surface area contributed by atoms with E-state index in [4.69, 9.17) is 11.6 Å². The number of hydrogen-bond donors (Lipinski definition) is 2. The standard InChI is InChI=1S/C16H13ClN6O2/c17-12-7-19-16(21-9-6-20-23(8-9)10-3-4-10)22-14(12)13-11(15(24)25)2-1-5-18-13/h1-2,5-8,10H,3-4H2,(H,24,25)(H,19,21,22). The van der Waals surface area contributed by atoms with Gasteiger partial charge in [-0.25, -0.2) is 14.8 Å². The molecule has 0 aliphatic heterocycles. The molecule has 0 aromatic carbocycles. The molecule has 3 heterocycles. The highest BCUT2D eigenvalue weighted by atomic mass is 35.5. The molecule has 0 spiro atoms. The number of aromatic carboxylic acids is 1. The van der Waals surface area contributed by atoms with Gasteiger partial charge in [-0.05, 0) is 25.0 Å². The Kier molecular flexibility index (Phi) is 3.81. The SMILES string of the molecule is O=C(O)c1cccnc1-c1nc(Nc2cnn(C3CC3)c2)ncc1Cl. The summed E-state index contributed by atoms with van der Waals surface area (Å²) >= 11 is 6.16. The predicted octanol–water partition coefficient (Wildman–Crippen LogP) is 3.17. The lowest BCUT2D eigenvalue weighted by Crippen LogP contribution is -2.04. The van der Waals surface area contributed by atoms with E-state index in [-0.39, 0.29) is 27.9 Å². The molecule has 0 atom stereocenters. The first-order valence-electron chi connectivity index (χ1n) is 7.64. The Hall–Kier alpha value is -3.00. The fourth-order valence-electron chi connectivity index (χ4n) is 2.43. The summed E-state index contributed by atoms with van der Waals surface area (Å²) in [4.78, 5) is 24.0. The summed E-state index contributed by atoms with van der Waals surface area (Å²) < 4.78 is 1.90. The van der Waals surface area contributed by atoms with Crippen LogP contribution in [0.4, 0.5) is 11.6 Å². The fourth-order valence-corrected chi connectivity index (χ4v) is 2.61. The maximum atomic E-state index is 11.4. The molecule has 0 amide bonds. The topological polar surface area (TPSA) is 106 Å². The second-order valence-corrected chi connectivity index (χ2v) is 6.07. The van der Waals surface area contributed by atoms with E-state index in [2.05, 4.69) is 25.4 Å². The van der Waals surface area contributed by atoms with Gasteiger partial charge < -0.3 is 10.4 Å². The predicted molar refractivity (Wildman–Crippen MR) is 91.0 cm³/mol. The zero-order valence-electron chi connectivity index (χ0n) is 12.9. The summed E-state index contributed by atoms with van der Waals surface area (Å²) in [7, 11) is 0. The largest absolute Gasteiger partial charge is 0.478 e. The van der Waals surface area contributed by atoms with Crippen LogP contribution in [0.25, 0.3) is 11.4 Å². The quantitative estimate of drug-likeness (QED) is 0.723. The van der Waals surface area contributed by atoms with Crippen molar-refractivity contribution >= 4 is 29.2 Å². The molecule has 0 bridgehead atoms. The molecule has 8 nitrogen and oxygen atoms in total. The van der Waals surface area contributed by atoms with Gasteiger partial charge in [0, 0.05) is 12.4 Å². The van der Waals surface area contributed by atoms with Crippen molar-refractivity contribution in [1.29, 1.82) is 0 Å². The van der Waals surface area contributed by atoms with E-state index >= 15 is 0 Å². The van der Waals surface area contributed by atoms with Crippen LogP contribution in [0.15, 0.2) is 36.9 Å². The Morgan fingerprint density at radius 2 is 2.12 bits per heavy atom. The number of rotatable bonds is 5. The number of halogens is 1. The summed E-state index contributed by atoms with van der Waals surface area (Å²) in [6.07, 6.45) is 8.77. The number of carboxylic acid groups (broad SMARTS) is 1. The molecule has 1 saturated carbocycles. The smallest absolute Gasteiger partial charge is 0.337 e. The third-order valence-electron chi connectivity index (χ3n) is 3.79. The summed E-state index contributed by atoms with van der Waals surface area (Å²) in [5.41, 5.74) is 1.22. The molecular weight excluding hydrogens is 344 g/mol. The minimum atomic E-state index is -1.10. The van der Waals surface area contributed by atoms with Crippen LogP contribution < -0.4 is 5.32 Å². The molecule has 1 fully saturated rings. The van der Waals surface area contributed by atoms with Crippen molar-refractivity contribution in [2.24, 2.45) is 0 Å². The van der Waals surface area contributed by atoms with Gasteiger partial charge in [-0.1, -0.05) is 11.6 Å². The van der Waals surface area contributed by atoms with Crippen molar-refractivity contribution in [3.63, 3.8) is 0 Å². The average Bonchev–Trinajstić information content (AvgIpc) is 3.36. The Balaban J connectivity index is 1.67. The molecule has 0 radical (unpaired) electrons. The molecule has 25 heavy (non-hydrogen) atoms. The normalized spacial score (nSPS) is 13.6. The lowest BCUT2D eigenvalue weighted by molar-refractivity contribution is 0.0697. The summed E-state index contributed by atoms with van der Waals surface area (Å²) in [6.45, 7) is 0. The highest BCUT2D eigenvalue weighted by Crippen LogP contribution is 2.35. The van der Waals surface area contributed by atoms with Gasteiger partial charge in [0.25, 0.3) is 0 Å². The maximum absolute atomic E-state index is 11.4. The van der Waals surface area contributed by atoms with Gasteiger partial charge in [0.05, 0.1) is 34.7 Å². The molecule has 0 unspecified atom stereocenters. The van der Waals surface area contributed by atoms with Gasteiger partial charge in [0.15, 0.2) is 0 Å². The van der Waals surface area contributed by atoms with E-state index in [1.165, 1.54) is 18.5 Å². The average molecular weight is 357 g/mol. The minimum absolute atomic E-state index is 0.0237. The lowest BCUT2D eigenvalue weighted by Gasteiger charge is -2.08.